The highest BCUT2D eigenvalue weighted by Crippen LogP contribution is 2.39. The predicted octanol–water partition coefficient (Wildman–Crippen LogP) is 4.44. The molecular formula is C28H30N4O4. The number of benzene rings is 2. The zero-order valence-corrected chi connectivity index (χ0v) is 21.1. The number of hydrogen-bond acceptors (Lipinski definition) is 4. The van der Waals surface area contributed by atoms with Gasteiger partial charge in [-0.1, -0.05) is 18.2 Å². The monoisotopic (exact) mass is 486 g/mol. The second kappa shape index (κ2) is 10.1. The van der Waals surface area contributed by atoms with Crippen LogP contribution < -0.4 is 20.9 Å². The molecule has 0 fully saturated rings. The Morgan fingerprint density at radius 1 is 0.944 bits per heavy atom. The summed E-state index contributed by atoms with van der Waals surface area (Å²) in [7, 11) is 1.65. The largest absolute Gasteiger partial charge is 0.456 e. The summed E-state index contributed by atoms with van der Waals surface area (Å²) in [5.41, 5.74) is 4.02. The first-order valence-corrected chi connectivity index (χ1v) is 11.9. The second-order valence-electron chi connectivity index (χ2n) is 8.68. The van der Waals surface area contributed by atoms with Crippen molar-refractivity contribution < 1.29 is 14.3 Å². The van der Waals surface area contributed by atoms with Crippen molar-refractivity contribution in [3.63, 3.8) is 0 Å². The summed E-state index contributed by atoms with van der Waals surface area (Å²) in [6, 6.07) is 12.8. The normalized spacial score (nSPS) is 10.9. The van der Waals surface area contributed by atoms with Crippen LogP contribution in [-0.2, 0) is 7.05 Å². The number of pyridine rings is 1. The lowest BCUT2D eigenvalue weighted by Gasteiger charge is -2.17. The van der Waals surface area contributed by atoms with Gasteiger partial charge >= 0.3 is 0 Å². The lowest BCUT2D eigenvalue weighted by atomic mass is 9.99. The first-order chi connectivity index (χ1) is 17.2. The molecule has 4 aromatic rings. The molecule has 0 aliphatic rings. The van der Waals surface area contributed by atoms with Crippen LogP contribution in [0, 0.1) is 13.8 Å². The fraction of sp³-hybridized carbons (Fsp3) is 0.250. The number of aryl methyl sites for hydroxylation is 3. The number of nitrogens with one attached hydrogen (secondary N) is 3. The molecule has 0 unspecified atom stereocenters. The van der Waals surface area contributed by atoms with Gasteiger partial charge in [-0.05, 0) is 63.1 Å². The molecule has 0 aliphatic carbocycles. The van der Waals surface area contributed by atoms with Crippen molar-refractivity contribution in [1.29, 1.82) is 0 Å². The van der Waals surface area contributed by atoms with Gasteiger partial charge in [0.15, 0.2) is 0 Å². The van der Waals surface area contributed by atoms with Crippen LogP contribution in [0.2, 0.25) is 0 Å². The summed E-state index contributed by atoms with van der Waals surface area (Å²) in [4.78, 5) is 41.1. The molecule has 36 heavy (non-hydrogen) atoms. The van der Waals surface area contributed by atoms with Crippen LogP contribution in [0.5, 0.6) is 11.5 Å². The predicted molar refractivity (Wildman–Crippen MR) is 141 cm³/mol. The van der Waals surface area contributed by atoms with Crippen molar-refractivity contribution >= 4 is 22.7 Å². The minimum Gasteiger partial charge on any atom is -0.456 e. The second-order valence-corrected chi connectivity index (χ2v) is 8.68. The topological polar surface area (TPSA) is 105 Å². The van der Waals surface area contributed by atoms with Crippen molar-refractivity contribution in [3.05, 3.63) is 81.4 Å². The van der Waals surface area contributed by atoms with E-state index in [-0.39, 0.29) is 23.1 Å². The first-order valence-electron chi connectivity index (χ1n) is 11.9. The Morgan fingerprint density at radius 2 is 1.61 bits per heavy atom. The van der Waals surface area contributed by atoms with Crippen LogP contribution in [0.3, 0.4) is 0 Å². The SMILES string of the molecule is CCNC(=O)c1ccc(Oc2c(C)cccc2C)c(-c2cn(C)c(=O)c3[nH]c(C(=O)NCC)cc23)c1. The van der Waals surface area contributed by atoms with Gasteiger partial charge < -0.3 is 24.9 Å². The Bertz CT molecular complexity index is 1510. The Labute approximate surface area is 209 Å². The molecule has 3 N–H and O–H groups in total. The molecule has 0 bridgehead atoms. The van der Waals surface area contributed by atoms with Gasteiger partial charge in [0, 0.05) is 48.4 Å². The quantitative estimate of drug-likeness (QED) is 0.359. The van der Waals surface area contributed by atoms with Gasteiger partial charge in [-0.3, -0.25) is 14.4 Å². The number of amides is 2. The van der Waals surface area contributed by atoms with Crippen molar-refractivity contribution in [2.24, 2.45) is 7.05 Å². The molecule has 0 aliphatic heterocycles. The number of carbonyl (C=O) groups is 2. The molecule has 0 saturated heterocycles. The molecule has 2 aromatic carbocycles. The maximum atomic E-state index is 12.9. The maximum Gasteiger partial charge on any atom is 0.274 e. The average molecular weight is 487 g/mol. The van der Waals surface area contributed by atoms with Crippen molar-refractivity contribution in [3.8, 4) is 22.6 Å². The number of ether oxygens (including phenoxy) is 1. The third kappa shape index (κ3) is 4.62. The molecular weight excluding hydrogens is 456 g/mol. The van der Waals surface area contributed by atoms with Crippen LogP contribution in [-0.4, -0.2) is 34.5 Å². The highest BCUT2D eigenvalue weighted by Gasteiger charge is 2.20. The summed E-state index contributed by atoms with van der Waals surface area (Å²) in [5, 5.41) is 6.15. The van der Waals surface area contributed by atoms with Gasteiger partial charge in [0.25, 0.3) is 17.4 Å². The zero-order valence-electron chi connectivity index (χ0n) is 21.1. The summed E-state index contributed by atoms with van der Waals surface area (Å²) in [5.74, 6) is 0.740. The number of rotatable bonds is 7. The zero-order chi connectivity index (χ0) is 26.0. The highest BCUT2D eigenvalue weighted by molar-refractivity contribution is 6.04. The number of hydrogen-bond donors (Lipinski definition) is 3. The molecule has 2 aromatic heterocycles. The molecule has 4 rings (SSSR count). The van der Waals surface area contributed by atoms with Crippen LogP contribution in [0.4, 0.5) is 0 Å². The Hall–Kier alpha value is -4.33. The molecule has 0 atom stereocenters. The third-order valence-corrected chi connectivity index (χ3v) is 6.04. The van der Waals surface area contributed by atoms with E-state index in [2.05, 4.69) is 15.6 Å². The van der Waals surface area contributed by atoms with Crippen LogP contribution >= 0.6 is 0 Å². The van der Waals surface area contributed by atoms with Gasteiger partial charge in [-0.2, -0.15) is 0 Å². The number of para-hydroxylation sites is 1. The van der Waals surface area contributed by atoms with E-state index in [1.807, 2.05) is 45.9 Å². The fourth-order valence-corrected chi connectivity index (χ4v) is 4.23. The summed E-state index contributed by atoms with van der Waals surface area (Å²) < 4.78 is 7.88. The van der Waals surface area contributed by atoms with E-state index in [9.17, 15) is 14.4 Å². The molecule has 0 saturated carbocycles. The smallest absolute Gasteiger partial charge is 0.274 e. The number of nitrogens with zero attached hydrogens (tertiary/aromatic N) is 1. The lowest BCUT2D eigenvalue weighted by Crippen LogP contribution is -2.23. The van der Waals surface area contributed by atoms with E-state index in [0.717, 1.165) is 16.9 Å². The molecule has 2 amide bonds. The van der Waals surface area contributed by atoms with E-state index in [4.69, 9.17) is 4.74 Å². The van der Waals surface area contributed by atoms with E-state index >= 15 is 0 Å². The van der Waals surface area contributed by atoms with E-state index in [0.29, 0.717) is 46.4 Å². The first kappa shape index (κ1) is 24.8. The molecule has 8 nitrogen and oxygen atoms in total. The van der Waals surface area contributed by atoms with E-state index in [1.165, 1.54) is 4.57 Å². The van der Waals surface area contributed by atoms with Gasteiger partial charge in [0.2, 0.25) is 0 Å². The van der Waals surface area contributed by atoms with Crippen LogP contribution in [0.1, 0.15) is 45.8 Å². The number of fused-ring (bicyclic) bond motifs is 1. The maximum absolute atomic E-state index is 12.9. The van der Waals surface area contributed by atoms with Gasteiger partial charge in [0.1, 0.15) is 22.7 Å². The average Bonchev–Trinajstić information content (AvgIpc) is 3.30. The highest BCUT2D eigenvalue weighted by atomic mass is 16.5. The van der Waals surface area contributed by atoms with E-state index in [1.54, 1.807) is 37.5 Å². The Morgan fingerprint density at radius 3 is 2.28 bits per heavy atom. The Kier molecular flexibility index (Phi) is 6.96. The van der Waals surface area contributed by atoms with E-state index < -0.39 is 0 Å². The van der Waals surface area contributed by atoms with Crippen molar-refractivity contribution in [1.82, 2.24) is 20.2 Å². The van der Waals surface area contributed by atoms with Gasteiger partial charge in [0.05, 0.1) is 0 Å². The fourth-order valence-electron chi connectivity index (χ4n) is 4.23. The molecule has 8 heteroatoms. The van der Waals surface area contributed by atoms with Gasteiger partial charge in [-0.25, -0.2) is 0 Å². The van der Waals surface area contributed by atoms with Crippen LogP contribution in [0.15, 0.2) is 53.5 Å². The minimum atomic E-state index is -0.301. The molecule has 0 radical (unpaired) electrons. The van der Waals surface area contributed by atoms with Gasteiger partial charge in [-0.15, -0.1) is 0 Å². The summed E-state index contributed by atoms with van der Waals surface area (Å²) in [6.07, 6.45) is 1.70. The number of carbonyl (C=O) groups excluding carboxylic acids is 2. The minimum absolute atomic E-state index is 0.212. The van der Waals surface area contributed by atoms with Crippen molar-refractivity contribution in [2.45, 2.75) is 27.7 Å². The molecule has 2 heterocycles. The third-order valence-electron chi connectivity index (χ3n) is 6.04. The number of H-pyrrole nitrogens is 1. The van der Waals surface area contributed by atoms with Crippen molar-refractivity contribution in [2.75, 3.05) is 13.1 Å². The standard InChI is InChI=1S/C28H30N4O4/c1-6-29-26(33)18-11-12-23(36-25-16(3)9-8-10-17(25)4)19(13-18)21-15-32(5)28(35)24-20(21)14-22(31-24)27(34)30-7-2/h8-15,31H,6-7H2,1-5H3,(H,29,33)(H,30,34). The summed E-state index contributed by atoms with van der Waals surface area (Å²) >= 11 is 0. The van der Waals surface area contributed by atoms with Crippen LogP contribution in [0.25, 0.3) is 22.0 Å². The summed E-state index contributed by atoms with van der Waals surface area (Å²) in [6.45, 7) is 8.58. The lowest BCUT2D eigenvalue weighted by molar-refractivity contribution is 0.0945. The molecule has 186 valence electrons. The Balaban J connectivity index is 1.98. The molecule has 0 spiro atoms. The number of aromatic nitrogens is 2. The number of aromatic amines is 1.